The summed E-state index contributed by atoms with van der Waals surface area (Å²) in [5.41, 5.74) is 2.78. The lowest BCUT2D eigenvalue weighted by molar-refractivity contribution is -0.385. The van der Waals surface area contributed by atoms with Gasteiger partial charge in [0.1, 0.15) is 5.56 Å². The fourth-order valence-corrected chi connectivity index (χ4v) is 2.50. The number of hydrazine groups is 1. The normalized spacial score (nSPS) is 18.7. The summed E-state index contributed by atoms with van der Waals surface area (Å²) >= 11 is 0. The fourth-order valence-electron chi connectivity index (χ4n) is 2.50. The van der Waals surface area contributed by atoms with Gasteiger partial charge in [0.05, 0.1) is 4.92 Å². The van der Waals surface area contributed by atoms with E-state index in [9.17, 15) is 14.9 Å². The van der Waals surface area contributed by atoms with Crippen molar-refractivity contribution in [2.45, 2.75) is 19.8 Å². The minimum absolute atomic E-state index is 0.0829. The molecular weight excluding hydrogens is 260 g/mol. The lowest BCUT2D eigenvalue weighted by Crippen LogP contribution is -2.39. The number of hydrogen-bond donors (Lipinski definition) is 2. The SMILES string of the molecule is CC1CCCN(C(=O)c2cc(NN)ccc2[N+](=O)[O-])C1. The van der Waals surface area contributed by atoms with Gasteiger partial charge in [-0.2, -0.15) is 0 Å². The van der Waals surface area contributed by atoms with Crippen LogP contribution in [0.5, 0.6) is 0 Å². The van der Waals surface area contributed by atoms with E-state index < -0.39 is 4.92 Å². The number of rotatable bonds is 3. The quantitative estimate of drug-likeness (QED) is 0.498. The molecule has 20 heavy (non-hydrogen) atoms. The van der Waals surface area contributed by atoms with Crippen LogP contribution in [0.2, 0.25) is 0 Å². The van der Waals surface area contributed by atoms with E-state index in [1.54, 1.807) is 4.90 Å². The van der Waals surface area contributed by atoms with Gasteiger partial charge in [-0.05, 0) is 30.9 Å². The Morgan fingerprint density at radius 3 is 2.90 bits per heavy atom. The van der Waals surface area contributed by atoms with Crippen LogP contribution in [0.4, 0.5) is 11.4 Å². The molecule has 0 spiro atoms. The zero-order valence-electron chi connectivity index (χ0n) is 11.3. The molecular formula is C13H18N4O3. The van der Waals surface area contributed by atoms with Crippen molar-refractivity contribution < 1.29 is 9.72 Å². The van der Waals surface area contributed by atoms with E-state index >= 15 is 0 Å². The van der Waals surface area contributed by atoms with Gasteiger partial charge in [0.25, 0.3) is 11.6 Å². The van der Waals surface area contributed by atoms with Crippen LogP contribution in [0.3, 0.4) is 0 Å². The first-order valence-electron chi connectivity index (χ1n) is 6.57. The third-order valence-corrected chi connectivity index (χ3v) is 3.53. The second kappa shape index (κ2) is 5.87. The molecule has 1 saturated heterocycles. The van der Waals surface area contributed by atoms with Crippen molar-refractivity contribution >= 4 is 17.3 Å². The zero-order valence-corrected chi connectivity index (χ0v) is 11.3. The second-order valence-electron chi connectivity index (χ2n) is 5.13. The van der Waals surface area contributed by atoms with Crippen molar-refractivity contribution in [3.63, 3.8) is 0 Å². The summed E-state index contributed by atoms with van der Waals surface area (Å²) in [6, 6.07) is 4.21. The van der Waals surface area contributed by atoms with E-state index in [0.29, 0.717) is 24.7 Å². The Morgan fingerprint density at radius 2 is 2.30 bits per heavy atom. The predicted molar refractivity (Wildman–Crippen MR) is 75.2 cm³/mol. The molecule has 2 rings (SSSR count). The molecule has 3 N–H and O–H groups in total. The van der Waals surface area contributed by atoms with Crippen LogP contribution < -0.4 is 11.3 Å². The van der Waals surface area contributed by atoms with Crippen LogP contribution in [0.25, 0.3) is 0 Å². The van der Waals surface area contributed by atoms with Crippen molar-refractivity contribution in [1.29, 1.82) is 0 Å². The number of nitro benzene ring substituents is 1. The molecule has 1 fully saturated rings. The van der Waals surface area contributed by atoms with E-state index in [2.05, 4.69) is 12.3 Å². The second-order valence-corrected chi connectivity index (χ2v) is 5.13. The Morgan fingerprint density at radius 1 is 1.55 bits per heavy atom. The van der Waals surface area contributed by atoms with Gasteiger partial charge in [-0.15, -0.1) is 0 Å². The number of carbonyl (C=O) groups excluding carboxylic acids is 1. The molecule has 0 bridgehead atoms. The van der Waals surface area contributed by atoms with Crippen LogP contribution in [-0.2, 0) is 0 Å². The number of anilines is 1. The van der Waals surface area contributed by atoms with Crippen molar-refractivity contribution in [1.82, 2.24) is 4.90 Å². The molecule has 1 unspecified atom stereocenters. The predicted octanol–water partition coefficient (Wildman–Crippen LogP) is 1.75. The number of carbonyl (C=O) groups is 1. The molecule has 1 aromatic carbocycles. The summed E-state index contributed by atoms with van der Waals surface area (Å²) in [4.78, 5) is 24.7. The number of nitrogens with one attached hydrogen (secondary N) is 1. The maximum atomic E-state index is 12.5. The van der Waals surface area contributed by atoms with Crippen molar-refractivity contribution in [3.05, 3.63) is 33.9 Å². The van der Waals surface area contributed by atoms with Gasteiger partial charge in [-0.3, -0.25) is 20.8 Å². The van der Waals surface area contributed by atoms with Gasteiger partial charge < -0.3 is 10.3 Å². The highest BCUT2D eigenvalue weighted by atomic mass is 16.6. The lowest BCUT2D eigenvalue weighted by atomic mass is 9.99. The Balaban J connectivity index is 2.34. The third-order valence-electron chi connectivity index (χ3n) is 3.53. The molecule has 0 radical (unpaired) electrons. The van der Waals surface area contributed by atoms with Gasteiger partial charge in [-0.25, -0.2) is 0 Å². The number of benzene rings is 1. The average molecular weight is 278 g/mol. The van der Waals surface area contributed by atoms with E-state index in [1.807, 2.05) is 0 Å². The fraction of sp³-hybridized carbons (Fsp3) is 0.462. The summed E-state index contributed by atoms with van der Waals surface area (Å²) in [6.45, 7) is 3.35. The highest BCUT2D eigenvalue weighted by Crippen LogP contribution is 2.26. The van der Waals surface area contributed by atoms with E-state index in [4.69, 9.17) is 5.84 Å². The lowest BCUT2D eigenvalue weighted by Gasteiger charge is -2.30. The largest absolute Gasteiger partial charge is 0.338 e. The number of nitrogen functional groups attached to an aromatic ring is 1. The van der Waals surface area contributed by atoms with Gasteiger partial charge in [0, 0.05) is 24.8 Å². The number of nitro groups is 1. The van der Waals surface area contributed by atoms with E-state index in [-0.39, 0.29) is 17.2 Å². The van der Waals surface area contributed by atoms with E-state index in [0.717, 1.165) is 12.8 Å². The smallest absolute Gasteiger partial charge is 0.282 e. The van der Waals surface area contributed by atoms with Crippen LogP contribution >= 0.6 is 0 Å². The summed E-state index contributed by atoms with van der Waals surface area (Å²) in [5, 5.41) is 11.1. The summed E-state index contributed by atoms with van der Waals surface area (Å²) in [6.07, 6.45) is 2.01. The van der Waals surface area contributed by atoms with Gasteiger partial charge in [0.2, 0.25) is 0 Å². The Kier molecular flexibility index (Phi) is 4.19. The van der Waals surface area contributed by atoms with Crippen molar-refractivity contribution in [2.24, 2.45) is 11.8 Å². The molecule has 1 aliphatic rings. The minimum atomic E-state index is -0.541. The molecule has 1 aromatic rings. The molecule has 108 valence electrons. The number of nitrogens with zero attached hydrogens (tertiary/aromatic N) is 2. The summed E-state index contributed by atoms with van der Waals surface area (Å²) in [5.74, 6) is 5.41. The standard InChI is InChI=1S/C13H18N4O3/c1-9-3-2-6-16(8-9)13(18)11-7-10(15-14)4-5-12(11)17(19)20/h4-5,7,9,15H,2-3,6,8,14H2,1H3. The zero-order chi connectivity index (χ0) is 14.7. The number of likely N-dealkylation sites (tertiary alicyclic amines) is 1. The monoisotopic (exact) mass is 278 g/mol. The number of amides is 1. The molecule has 0 saturated carbocycles. The van der Waals surface area contributed by atoms with Crippen LogP contribution in [0, 0.1) is 16.0 Å². The first-order chi connectivity index (χ1) is 9.52. The Labute approximate surface area is 116 Å². The molecule has 1 atom stereocenters. The molecule has 1 amide bonds. The van der Waals surface area contributed by atoms with Crippen LogP contribution in [0.15, 0.2) is 18.2 Å². The van der Waals surface area contributed by atoms with Gasteiger partial charge in [0.15, 0.2) is 0 Å². The molecule has 0 aliphatic carbocycles. The molecule has 0 aromatic heterocycles. The molecule has 7 nitrogen and oxygen atoms in total. The summed E-state index contributed by atoms with van der Waals surface area (Å²) in [7, 11) is 0. The van der Waals surface area contributed by atoms with E-state index in [1.165, 1.54) is 18.2 Å². The summed E-state index contributed by atoms with van der Waals surface area (Å²) < 4.78 is 0. The maximum absolute atomic E-state index is 12.5. The third kappa shape index (κ3) is 2.88. The first kappa shape index (κ1) is 14.3. The minimum Gasteiger partial charge on any atom is -0.338 e. The average Bonchev–Trinajstić information content (AvgIpc) is 2.45. The van der Waals surface area contributed by atoms with Gasteiger partial charge >= 0.3 is 0 Å². The Bertz CT molecular complexity index is 532. The highest BCUT2D eigenvalue weighted by molar-refractivity contribution is 5.99. The molecule has 1 aliphatic heterocycles. The number of piperidine rings is 1. The van der Waals surface area contributed by atoms with Crippen LogP contribution in [0.1, 0.15) is 30.1 Å². The topological polar surface area (TPSA) is 102 Å². The van der Waals surface area contributed by atoms with Crippen molar-refractivity contribution in [2.75, 3.05) is 18.5 Å². The first-order valence-corrected chi connectivity index (χ1v) is 6.57. The highest BCUT2D eigenvalue weighted by Gasteiger charge is 2.27. The molecule has 1 heterocycles. The maximum Gasteiger partial charge on any atom is 0.282 e. The van der Waals surface area contributed by atoms with Crippen LogP contribution in [-0.4, -0.2) is 28.8 Å². The molecule has 7 heteroatoms. The Hall–Kier alpha value is -2.15. The number of hydrogen-bond acceptors (Lipinski definition) is 5. The number of nitrogens with two attached hydrogens (primary N) is 1. The van der Waals surface area contributed by atoms with Crippen molar-refractivity contribution in [3.8, 4) is 0 Å². The van der Waals surface area contributed by atoms with Gasteiger partial charge in [-0.1, -0.05) is 6.92 Å².